The van der Waals surface area contributed by atoms with Crippen LogP contribution in [0, 0.1) is 0 Å². The molecular formula is C22H31ClN6O3+2. The first-order valence-corrected chi connectivity index (χ1v) is 11.5. The van der Waals surface area contributed by atoms with E-state index >= 15 is 0 Å². The minimum Gasteiger partial charge on any atom is -0.467 e. The number of aromatic nitrogens is 3. The molecule has 32 heavy (non-hydrogen) atoms. The standard InChI is InChI=1S/C22H31ClN6O3/c1-31-19(30)18(16-17-6-4-3-5-7-17)24-20-25-21(27-22(26-20)32-2)29-13-10-28(9-8-23,11-14-29)12-15-29/h3-7,18H,8-16H2,1-2H3,(H,24,25,26,27)/q+2/t18-,28?,29?/m0/s1. The van der Waals surface area contributed by atoms with Gasteiger partial charge in [-0.1, -0.05) is 30.3 Å². The predicted molar refractivity (Wildman–Crippen MR) is 123 cm³/mol. The highest BCUT2D eigenvalue weighted by Crippen LogP contribution is 2.32. The highest BCUT2D eigenvalue weighted by molar-refractivity contribution is 6.17. The number of nitrogens with zero attached hydrogens (tertiary/aromatic N) is 5. The molecule has 0 aliphatic carbocycles. The Kier molecular flexibility index (Phi) is 6.78. The summed E-state index contributed by atoms with van der Waals surface area (Å²) < 4.78 is 12.2. The number of benzene rings is 1. The van der Waals surface area contributed by atoms with E-state index in [2.05, 4.69) is 15.3 Å². The van der Waals surface area contributed by atoms with Crippen molar-refractivity contribution in [2.45, 2.75) is 12.5 Å². The number of halogens is 1. The molecule has 3 aliphatic heterocycles. The van der Waals surface area contributed by atoms with Crippen LogP contribution in [0.4, 0.5) is 11.9 Å². The molecule has 2 bridgehead atoms. The van der Waals surface area contributed by atoms with Gasteiger partial charge < -0.3 is 19.3 Å². The maximum Gasteiger partial charge on any atom is 0.337 e. The van der Waals surface area contributed by atoms with Crippen LogP contribution < -0.4 is 14.5 Å². The first-order valence-electron chi connectivity index (χ1n) is 11.0. The fourth-order valence-corrected chi connectivity index (χ4v) is 5.11. The molecule has 3 saturated heterocycles. The van der Waals surface area contributed by atoms with Gasteiger partial charge in [0.05, 0.1) is 26.6 Å². The number of nitrogens with one attached hydrogen (secondary N) is 1. The lowest BCUT2D eigenvalue weighted by Gasteiger charge is -2.53. The molecule has 1 N–H and O–H groups in total. The first-order chi connectivity index (χ1) is 15.5. The van der Waals surface area contributed by atoms with Crippen LogP contribution in [0.1, 0.15) is 5.56 Å². The van der Waals surface area contributed by atoms with Crippen molar-refractivity contribution in [1.29, 1.82) is 0 Å². The molecule has 3 fully saturated rings. The van der Waals surface area contributed by atoms with E-state index in [0.717, 1.165) is 55.9 Å². The zero-order chi connectivity index (χ0) is 22.6. The maximum absolute atomic E-state index is 12.5. The van der Waals surface area contributed by atoms with Gasteiger partial charge in [0.15, 0.2) is 0 Å². The number of ether oxygens (including phenoxy) is 2. The lowest BCUT2D eigenvalue weighted by Crippen LogP contribution is -2.76. The molecule has 0 radical (unpaired) electrons. The third-order valence-corrected chi connectivity index (χ3v) is 7.02. The monoisotopic (exact) mass is 462 g/mol. The second-order valence-electron chi connectivity index (χ2n) is 8.60. The SMILES string of the molecule is COC(=O)[C@H](Cc1ccccc1)Nc1nc(OC)nc([N+]23CC[N+](CCCl)(CC2)CC3)n1. The molecule has 172 valence electrons. The molecule has 0 saturated carbocycles. The van der Waals surface area contributed by atoms with Gasteiger partial charge in [-0.25, -0.2) is 9.28 Å². The van der Waals surface area contributed by atoms with Gasteiger partial charge in [-0.2, -0.15) is 4.98 Å². The zero-order valence-corrected chi connectivity index (χ0v) is 19.4. The number of piperazine rings is 3. The van der Waals surface area contributed by atoms with Crippen LogP contribution in [0.15, 0.2) is 30.3 Å². The van der Waals surface area contributed by atoms with Gasteiger partial charge in [-0.05, 0) is 5.56 Å². The first kappa shape index (κ1) is 22.7. The normalized spacial score (nSPS) is 25.2. The van der Waals surface area contributed by atoms with Crippen LogP contribution in [0.25, 0.3) is 0 Å². The van der Waals surface area contributed by atoms with E-state index in [0.29, 0.717) is 28.7 Å². The van der Waals surface area contributed by atoms with Crippen LogP contribution >= 0.6 is 11.6 Å². The molecule has 0 amide bonds. The number of hydrogen-bond acceptors (Lipinski definition) is 7. The highest BCUT2D eigenvalue weighted by Gasteiger charge is 2.52. The number of rotatable bonds is 9. The van der Waals surface area contributed by atoms with Crippen molar-refractivity contribution >= 4 is 29.5 Å². The molecule has 1 aromatic heterocycles. The Balaban J connectivity index is 1.58. The number of anilines is 1. The Labute approximate surface area is 193 Å². The Hall–Kier alpha value is -2.49. The molecule has 0 spiro atoms. The molecule has 3 aliphatic rings. The van der Waals surface area contributed by atoms with Gasteiger partial charge in [0.25, 0.3) is 0 Å². The molecule has 4 heterocycles. The third-order valence-electron chi connectivity index (χ3n) is 6.85. The molecule has 1 atom stereocenters. The van der Waals surface area contributed by atoms with Gasteiger partial charge in [0.1, 0.15) is 45.3 Å². The van der Waals surface area contributed by atoms with Crippen LogP contribution in [-0.4, -0.2) is 97.4 Å². The molecule has 1 aromatic carbocycles. The molecule has 10 heteroatoms. The van der Waals surface area contributed by atoms with Gasteiger partial charge in [-0.15, -0.1) is 21.6 Å². The van der Waals surface area contributed by atoms with Crippen LogP contribution in [0.5, 0.6) is 6.01 Å². The number of methoxy groups -OCH3 is 2. The van der Waals surface area contributed by atoms with Crippen molar-refractivity contribution in [3.63, 3.8) is 0 Å². The van der Waals surface area contributed by atoms with Crippen LogP contribution in [0.3, 0.4) is 0 Å². The summed E-state index contributed by atoms with van der Waals surface area (Å²) >= 11 is 6.06. The van der Waals surface area contributed by atoms with Gasteiger partial charge in [0, 0.05) is 6.42 Å². The summed E-state index contributed by atoms with van der Waals surface area (Å²) in [6, 6.07) is 9.40. The molecular weight excluding hydrogens is 432 g/mol. The van der Waals surface area contributed by atoms with Crippen LogP contribution in [0.2, 0.25) is 0 Å². The summed E-state index contributed by atoms with van der Waals surface area (Å²) in [6.07, 6.45) is 0.454. The van der Waals surface area contributed by atoms with Crippen molar-refractivity contribution < 1.29 is 18.8 Å². The smallest absolute Gasteiger partial charge is 0.337 e. The number of alkyl halides is 1. The quantitative estimate of drug-likeness (QED) is 0.343. The number of esters is 1. The van der Waals surface area contributed by atoms with Crippen molar-refractivity contribution in [2.24, 2.45) is 0 Å². The maximum atomic E-state index is 12.5. The van der Waals surface area contributed by atoms with Gasteiger partial charge in [-0.3, -0.25) is 0 Å². The van der Waals surface area contributed by atoms with E-state index < -0.39 is 6.04 Å². The Bertz CT molecular complexity index is 920. The molecule has 0 unspecified atom stereocenters. The van der Waals surface area contributed by atoms with E-state index in [1.807, 2.05) is 30.3 Å². The highest BCUT2D eigenvalue weighted by atomic mass is 35.5. The number of fused-ring (bicyclic) bond motifs is 3. The van der Waals surface area contributed by atoms with E-state index in [1.54, 1.807) is 7.11 Å². The van der Waals surface area contributed by atoms with E-state index in [1.165, 1.54) is 7.11 Å². The molecule has 2 aromatic rings. The number of carbonyl (C=O) groups excluding carboxylic acids is 1. The summed E-state index contributed by atoms with van der Waals surface area (Å²) in [6.45, 7) is 7.04. The van der Waals surface area contributed by atoms with Crippen LogP contribution in [-0.2, 0) is 16.0 Å². The third kappa shape index (κ3) is 4.65. The second-order valence-corrected chi connectivity index (χ2v) is 8.97. The van der Waals surface area contributed by atoms with E-state index in [4.69, 9.17) is 26.1 Å². The van der Waals surface area contributed by atoms with E-state index in [9.17, 15) is 4.79 Å². The fraction of sp³-hybridized carbons (Fsp3) is 0.545. The Morgan fingerprint density at radius 1 is 1.06 bits per heavy atom. The number of quaternary nitrogens is 2. The average molecular weight is 463 g/mol. The Morgan fingerprint density at radius 2 is 1.75 bits per heavy atom. The van der Waals surface area contributed by atoms with Gasteiger partial charge in [0.2, 0.25) is 5.95 Å². The number of carbonyl (C=O) groups is 1. The van der Waals surface area contributed by atoms with Crippen molar-refractivity contribution in [3.8, 4) is 6.01 Å². The summed E-state index contributed by atoms with van der Waals surface area (Å²) in [5.74, 6) is 1.32. The fourth-order valence-electron chi connectivity index (χ4n) is 4.75. The van der Waals surface area contributed by atoms with E-state index in [-0.39, 0.29) is 12.0 Å². The van der Waals surface area contributed by atoms with Crippen molar-refractivity contribution in [1.82, 2.24) is 19.4 Å². The zero-order valence-electron chi connectivity index (χ0n) is 18.7. The topological polar surface area (TPSA) is 86.2 Å². The van der Waals surface area contributed by atoms with Crippen molar-refractivity contribution in [2.75, 3.05) is 71.2 Å². The predicted octanol–water partition coefficient (Wildman–Crippen LogP) is 1.47. The Morgan fingerprint density at radius 3 is 2.34 bits per heavy atom. The minimum absolute atomic E-state index is 0.242. The summed E-state index contributed by atoms with van der Waals surface area (Å²) in [5.41, 5.74) is 1.01. The largest absolute Gasteiger partial charge is 0.467 e. The average Bonchev–Trinajstić information content (AvgIpc) is 2.84. The number of hydrogen-bond donors (Lipinski definition) is 1. The lowest BCUT2D eigenvalue weighted by molar-refractivity contribution is -0.938. The summed E-state index contributed by atoms with van der Waals surface area (Å²) in [5, 5.41) is 3.17. The van der Waals surface area contributed by atoms with Gasteiger partial charge >= 0.3 is 17.9 Å². The van der Waals surface area contributed by atoms with Crippen molar-refractivity contribution in [3.05, 3.63) is 35.9 Å². The summed E-state index contributed by atoms with van der Waals surface area (Å²) in [7, 11) is 2.92. The molecule has 9 nitrogen and oxygen atoms in total. The summed E-state index contributed by atoms with van der Waals surface area (Å²) in [4.78, 5) is 26.2. The second kappa shape index (κ2) is 9.56. The minimum atomic E-state index is -0.627. The lowest BCUT2D eigenvalue weighted by atomic mass is 10.1. The molecule has 5 rings (SSSR count).